The third-order valence-corrected chi connectivity index (χ3v) is 4.81. The molecule has 3 fully saturated rings. The van der Waals surface area contributed by atoms with E-state index >= 15 is 0 Å². The van der Waals surface area contributed by atoms with E-state index in [0.717, 1.165) is 12.2 Å². The SMILES string of the molecule is NCc1ccc2c(c1)CC(C1CN3CCN1CC3)O2. The van der Waals surface area contributed by atoms with Crippen LogP contribution in [0.5, 0.6) is 5.75 Å². The molecule has 0 spiro atoms. The highest BCUT2D eigenvalue weighted by Crippen LogP contribution is 2.33. The summed E-state index contributed by atoms with van der Waals surface area (Å²) in [6.45, 7) is 6.65. The van der Waals surface area contributed by atoms with Crippen molar-refractivity contribution in [2.24, 2.45) is 5.73 Å². The quantitative estimate of drug-likeness (QED) is 0.837. The van der Waals surface area contributed by atoms with Crippen LogP contribution in [0.25, 0.3) is 0 Å². The summed E-state index contributed by atoms with van der Waals surface area (Å²) >= 11 is 0. The zero-order chi connectivity index (χ0) is 12.8. The number of benzene rings is 1. The van der Waals surface area contributed by atoms with Gasteiger partial charge in [-0.25, -0.2) is 0 Å². The molecule has 0 saturated carbocycles. The summed E-state index contributed by atoms with van der Waals surface area (Å²) in [7, 11) is 0. The topological polar surface area (TPSA) is 41.7 Å². The Morgan fingerprint density at radius 2 is 2.05 bits per heavy atom. The molecule has 4 heteroatoms. The summed E-state index contributed by atoms with van der Waals surface area (Å²) < 4.78 is 6.19. The van der Waals surface area contributed by atoms with E-state index in [2.05, 4.69) is 28.0 Å². The van der Waals surface area contributed by atoms with Crippen molar-refractivity contribution in [3.63, 3.8) is 0 Å². The van der Waals surface area contributed by atoms with Crippen molar-refractivity contribution in [3.8, 4) is 5.75 Å². The number of hydrogen-bond acceptors (Lipinski definition) is 4. The molecule has 4 nitrogen and oxygen atoms in total. The molecule has 4 heterocycles. The van der Waals surface area contributed by atoms with Gasteiger partial charge in [0.25, 0.3) is 0 Å². The Kier molecular flexibility index (Phi) is 2.76. The molecule has 2 unspecified atom stereocenters. The Balaban J connectivity index is 1.53. The first kappa shape index (κ1) is 11.7. The molecular weight excluding hydrogens is 238 g/mol. The normalized spacial score (nSPS) is 36.1. The van der Waals surface area contributed by atoms with Gasteiger partial charge in [-0.2, -0.15) is 0 Å². The first-order valence-corrected chi connectivity index (χ1v) is 7.28. The first-order valence-electron chi connectivity index (χ1n) is 7.28. The van der Waals surface area contributed by atoms with Crippen LogP contribution in [0.3, 0.4) is 0 Å². The molecule has 3 saturated heterocycles. The highest BCUT2D eigenvalue weighted by atomic mass is 16.5. The summed E-state index contributed by atoms with van der Waals surface area (Å²) in [6, 6.07) is 6.95. The van der Waals surface area contributed by atoms with Crippen LogP contribution in [0, 0.1) is 0 Å². The van der Waals surface area contributed by atoms with Crippen LogP contribution in [0.2, 0.25) is 0 Å². The smallest absolute Gasteiger partial charge is 0.123 e. The number of rotatable bonds is 2. The fourth-order valence-electron chi connectivity index (χ4n) is 3.68. The van der Waals surface area contributed by atoms with Crippen LogP contribution in [0.15, 0.2) is 18.2 Å². The number of fused-ring (bicyclic) bond motifs is 4. The van der Waals surface area contributed by atoms with Gasteiger partial charge < -0.3 is 10.5 Å². The van der Waals surface area contributed by atoms with E-state index in [4.69, 9.17) is 10.5 Å². The van der Waals surface area contributed by atoms with Gasteiger partial charge in [-0.05, 0) is 17.2 Å². The molecule has 0 radical (unpaired) electrons. The predicted molar refractivity (Wildman–Crippen MR) is 74.3 cm³/mol. The van der Waals surface area contributed by atoms with E-state index in [1.54, 1.807) is 0 Å². The molecule has 0 aromatic heterocycles. The van der Waals surface area contributed by atoms with E-state index in [-0.39, 0.29) is 0 Å². The van der Waals surface area contributed by atoms with Crippen LogP contribution < -0.4 is 10.5 Å². The lowest BCUT2D eigenvalue weighted by Gasteiger charge is -2.49. The lowest BCUT2D eigenvalue weighted by Crippen LogP contribution is -2.64. The largest absolute Gasteiger partial charge is 0.488 e. The molecule has 1 aromatic carbocycles. The number of piperazine rings is 3. The maximum atomic E-state index is 6.19. The van der Waals surface area contributed by atoms with Gasteiger partial charge in [-0.3, -0.25) is 9.80 Å². The molecule has 19 heavy (non-hydrogen) atoms. The van der Waals surface area contributed by atoms with Gasteiger partial charge in [0, 0.05) is 45.7 Å². The predicted octanol–water partition coefficient (Wildman–Crippen LogP) is 0.449. The van der Waals surface area contributed by atoms with Gasteiger partial charge in [0.2, 0.25) is 0 Å². The van der Waals surface area contributed by atoms with Gasteiger partial charge in [-0.1, -0.05) is 12.1 Å². The van der Waals surface area contributed by atoms with E-state index in [0.29, 0.717) is 18.7 Å². The molecule has 1 aromatic rings. The maximum absolute atomic E-state index is 6.19. The molecule has 0 amide bonds. The van der Waals surface area contributed by atoms with E-state index in [9.17, 15) is 0 Å². The standard InChI is InChI=1S/C15H21N3O/c16-9-11-1-2-14-12(7-11)8-15(19-14)13-10-17-3-5-18(13)6-4-17/h1-2,7,13,15H,3-6,8-10,16H2. The maximum Gasteiger partial charge on any atom is 0.123 e. The Bertz CT molecular complexity index is 482. The summed E-state index contributed by atoms with van der Waals surface area (Å²) in [5.41, 5.74) is 8.26. The van der Waals surface area contributed by atoms with Gasteiger partial charge in [-0.15, -0.1) is 0 Å². The summed E-state index contributed by atoms with van der Waals surface area (Å²) in [5, 5.41) is 0. The highest BCUT2D eigenvalue weighted by molar-refractivity contribution is 5.41. The van der Waals surface area contributed by atoms with E-state index in [1.807, 2.05) is 0 Å². The zero-order valence-corrected chi connectivity index (χ0v) is 11.2. The fraction of sp³-hybridized carbons (Fsp3) is 0.600. The minimum Gasteiger partial charge on any atom is -0.488 e. The summed E-state index contributed by atoms with van der Waals surface area (Å²) in [4.78, 5) is 5.18. The molecule has 0 aliphatic carbocycles. The monoisotopic (exact) mass is 259 g/mol. The lowest BCUT2D eigenvalue weighted by molar-refractivity contribution is -0.0315. The second kappa shape index (κ2) is 4.47. The summed E-state index contributed by atoms with van der Waals surface area (Å²) in [6.07, 6.45) is 1.36. The van der Waals surface area contributed by atoms with Crippen molar-refractivity contribution in [1.82, 2.24) is 9.80 Å². The minimum absolute atomic E-state index is 0.325. The van der Waals surface area contributed by atoms with Crippen molar-refractivity contribution >= 4 is 0 Å². The Hall–Kier alpha value is -1.10. The zero-order valence-electron chi connectivity index (χ0n) is 11.2. The molecule has 4 aliphatic heterocycles. The van der Waals surface area contributed by atoms with Crippen molar-refractivity contribution in [1.29, 1.82) is 0 Å². The molecule has 5 rings (SSSR count). The summed E-state index contributed by atoms with van der Waals surface area (Å²) in [5.74, 6) is 1.07. The number of nitrogens with two attached hydrogens (primary N) is 1. The number of hydrogen-bond donors (Lipinski definition) is 1. The molecule has 4 aliphatic rings. The van der Waals surface area contributed by atoms with Crippen LogP contribution >= 0.6 is 0 Å². The molecule has 2 atom stereocenters. The van der Waals surface area contributed by atoms with Crippen molar-refractivity contribution in [2.45, 2.75) is 25.1 Å². The molecule has 102 valence electrons. The molecular formula is C15H21N3O. The Morgan fingerprint density at radius 1 is 1.21 bits per heavy atom. The second-order valence-corrected chi connectivity index (χ2v) is 5.91. The third-order valence-electron chi connectivity index (χ3n) is 4.81. The van der Waals surface area contributed by atoms with Gasteiger partial charge >= 0.3 is 0 Å². The Morgan fingerprint density at radius 3 is 2.74 bits per heavy atom. The number of nitrogens with zero attached hydrogens (tertiary/aromatic N) is 2. The van der Waals surface area contributed by atoms with E-state index < -0.39 is 0 Å². The number of ether oxygens (including phenoxy) is 1. The second-order valence-electron chi connectivity index (χ2n) is 5.91. The van der Waals surface area contributed by atoms with Crippen molar-refractivity contribution in [2.75, 3.05) is 32.7 Å². The van der Waals surface area contributed by atoms with Crippen molar-refractivity contribution < 1.29 is 4.74 Å². The van der Waals surface area contributed by atoms with Crippen LogP contribution in [0.1, 0.15) is 11.1 Å². The highest BCUT2D eigenvalue weighted by Gasteiger charge is 2.40. The van der Waals surface area contributed by atoms with Gasteiger partial charge in [0.1, 0.15) is 11.9 Å². The minimum atomic E-state index is 0.325. The third kappa shape index (κ3) is 1.95. The fourth-order valence-corrected chi connectivity index (χ4v) is 3.68. The van der Waals surface area contributed by atoms with Gasteiger partial charge in [0.05, 0.1) is 6.04 Å². The Labute approximate surface area is 114 Å². The van der Waals surface area contributed by atoms with Crippen LogP contribution in [0.4, 0.5) is 0 Å². The van der Waals surface area contributed by atoms with Crippen LogP contribution in [-0.4, -0.2) is 54.7 Å². The molecule has 2 N–H and O–H groups in total. The first-order chi connectivity index (χ1) is 9.33. The lowest BCUT2D eigenvalue weighted by atomic mass is 9.98. The average molecular weight is 259 g/mol. The average Bonchev–Trinajstić information content (AvgIpc) is 2.91. The van der Waals surface area contributed by atoms with E-state index in [1.165, 1.54) is 43.9 Å². The molecule has 2 bridgehead atoms. The van der Waals surface area contributed by atoms with Crippen molar-refractivity contribution in [3.05, 3.63) is 29.3 Å². The van der Waals surface area contributed by atoms with Gasteiger partial charge in [0.15, 0.2) is 0 Å². The van der Waals surface area contributed by atoms with Crippen LogP contribution in [-0.2, 0) is 13.0 Å².